The number of rotatable bonds is 1. The van der Waals surface area contributed by atoms with Gasteiger partial charge in [0.15, 0.2) is 0 Å². The maximum atomic E-state index is 4.29. The molecule has 0 amide bonds. The fourth-order valence-electron chi connectivity index (χ4n) is 1.61. The topological polar surface area (TPSA) is 43.6 Å². The van der Waals surface area contributed by atoms with Crippen LogP contribution in [0, 0.1) is 0 Å². The van der Waals surface area contributed by atoms with Crippen molar-refractivity contribution in [3.05, 3.63) is 49.2 Å². The monoisotopic (exact) mass is 196 g/mol. The maximum absolute atomic E-state index is 4.29. The standard InChI is InChI=1S/C11H8N4/c1-2-4-10-9(3-1)11(5-6-13-10)15-8-12-7-14-15/h1-8H. The van der Waals surface area contributed by atoms with Crippen molar-refractivity contribution in [2.24, 2.45) is 0 Å². The predicted molar refractivity (Wildman–Crippen MR) is 56.7 cm³/mol. The summed E-state index contributed by atoms with van der Waals surface area (Å²) in [5.74, 6) is 0. The summed E-state index contributed by atoms with van der Waals surface area (Å²) >= 11 is 0. The van der Waals surface area contributed by atoms with Crippen LogP contribution in [-0.4, -0.2) is 19.7 Å². The van der Waals surface area contributed by atoms with E-state index >= 15 is 0 Å². The zero-order chi connectivity index (χ0) is 10.1. The lowest BCUT2D eigenvalue weighted by Crippen LogP contribution is -1.95. The second-order valence-corrected chi connectivity index (χ2v) is 3.19. The minimum Gasteiger partial charge on any atom is -0.256 e. The van der Waals surface area contributed by atoms with E-state index in [1.54, 1.807) is 17.2 Å². The molecule has 2 heterocycles. The quantitative estimate of drug-likeness (QED) is 0.596. The van der Waals surface area contributed by atoms with Crippen LogP contribution in [0.2, 0.25) is 0 Å². The first-order valence-electron chi connectivity index (χ1n) is 4.64. The van der Waals surface area contributed by atoms with Crippen molar-refractivity contribution in [1.82, 2.24) is 19.7 Å². The van der Waals surface area contributed by atoms with Crippen LogP contribution in [0.1, 0.15) is 0 Å². The van der Waals surface area contributed by atoms with E-state index in [1.165, 1.54) is 6.33 Å². The van der Waals surface area contributed by atoms with Gasteiger partial charge in [0.1, 0.15) is 12.7 Å². The van der Waals surface area contributed by atoms with E-state index in [0.717, 1.165) is 16.6 Å². The van der Waals surface area contributed by atoms with E-state index in [0.29, 0.717) is 0 Å². The van der Waals surface area contributed by atoms with E-state index in [1.807, 2.05) is 30.3 Å². The molecule has 0 unspecified atom stereocenters. The van der Waals surface area contributed by atoms with Crippen LogP contribution in [-0.2, 0) is 0 Å². The van der Waals surface area contributed by atoms with Crippen molar-refractivity contribution in [1.29, 1.82) is 0 Å². The van der Waals surface area contributed by atoms with Crippen molar-refractivity contribution >= 4 is 10.9 Å². The molecule has 0 aliphatic heterocycles. The van der Waals surface area contributed by atoms with Gasteiger partial charge in [-0.2, -0.15) is 5.10 Å². The van der Waals surface area contributed by atoms with Gasteiger partial charge in [0, 0.05) is 11.6 Å². The van der Waals surface area contributed by atoms with Crippen LogP contribution in [0.5, 0.6) is 0 Å². The lowest BCUT2D eigenvalue weighted by atomic mass is 10.2. The van der Waals surface area contributed by atoms with Crippen molar-refractivity contribution < 1.29 is 0 Å². The van der Waals surface area contributed by atoms with Gasteiger partial charge in [0.2, 0.25) is 0 Å². The molecule has 4 heteroatoms. The molecule has 2 aromatic heterocycles. The fourth-order valence-corrected chi connectivity index (χ4v) is 1.61. The second kappa shape index (κ2) is 3.16. The van der Waals surface area contributed by atoms with Crippen LogP contribution in [0.3, 0.4) is 0 Å². The molecular formula is C11H8N4. The highest BCUT2D eigenvalue weighted by atomic mass is 15.3. The van der Waals surface area contributed by atoms with Gasteiger partial charge in [-0.1, -0.05) is 18.2 Å². The summed E-state index contributed by atoms with van der Waals surface area (Å²) < 4.78 is 1.74. The van der Waals surface area contributed by atoms with Gasteiger partial charge in [0.25, 0.3) is 0 Å². The molecule has 3 rings (SSSR count). The number of fused-ring (bicyclic) bond motifs is 1. The molecule has 0 aliphatic carbocycles. The number of aromatic nitrogens is 4. The summed E-state index contributed by atoms with van der Waals surface area (Å²) in [5, 5.41) is 5.19. The molecule has 0 bridgehead atoms. The Balaban J connectivity index is 2.36. The van der Waals surface area contributed by atoms with Gasteiger partial charge in [-0.3, -0.25) is 4.98 Å². The summed E-state index contributed by atoms with van der Waals surface area (Å²) in [5.41, 5.74) is 1.96. The maximum Gasteiger partial charge on any atom is 0.138 e. The summed E-state index contributed by atoms with van der Waals surface area (Å²) in [6.45, 7) is 0. The van der Waals surface area contributed by atoms with Gasteiger partial charge >= 0.3 is 0 Å². The Morgan fingerprint density at radius 1 is 1.07 bits per heavy atom. The lowest BCUT2D eigenvalue weighted by molar-refractivity contribution is 0.884. The van der Waals surface area contributed by atoms with Gasteiger partial charge in [-0.25, -0.2) is 9.67 Å². The Bertz CT molecular complexity index is 581. The fraction of sp³-hybridized carbons (Fsp3) is 0. The van der Waals surface area contributed by atoms with Crippen LogP contribution >= 0.6 is 0 Å². The van der Waals surface area contributed by atoms with E-state index in [9.17, 15) is 0 Å². The summed E-state index contributed by atoms with van der Waals surface area (Å²) in [4.78, 5) is 8.23. The average Bonchev–Trinajstić information content (AvgIpc) is 2.82. The highest BCUT2D eigenvalue weighted by molar-refractivity contribution is 5.86. The zero-order valence-corrected chi connectivity index (χ0v) is 7.91. The molecule has 0 saturated heterocycles. The van der Waals surface area contributed by atoms with Crippen molar-refractivity contribution in [3.63, 3.8) is 0 Å². The molecule has 72 valence electrons. The molecule has 0 saturated carbocycles. The third-order valence-corrected chi connectivity index (χ3v) is 2.29. The zero-order valence-electron chi connectivity index (χ0n) is 7.91. The van der Waals surface area contributed by atoms with E-state index < -0.39 is 0 Å². The van der Waals surface area contributed by atoms with Crippen LogP contribution in [0.25, 0.3) is 16.6 Å². The number of pyridine rings is 1. The molecule has 0 fully saturated rings. The van der Waals surface area contributed by atoms with Crippen LogP contribution < -0.4 is 0 Å². The van der Waals surface area contributed by atoms with Gasteiger partial charge in [-0.05, 0) is 12.1 Å². The summed E-state index contributed by atoms with van der Waals surface area (Å²) in [7, 11) is 0. The Labute approximate surface area is 86.2 Å². The summed E-state index contributed by atoms with van der Waals surface area (Å²) in [6, 6.07) is 9.90. The third kappa shape index (κ3) is 1.27. The molecule has 0 spiro atoms. The van der Waals surface area contributed by atoms with E-state index in [2.05, 4.69) is 15.1 Å². The third-order valence-electron chi connectivity index (χ3n) is 2.29. The molecule has 0 radical (unpaired) electrons. The molecule has 15 heavy (non-hydrogen) atoms. The lowest BCUT2D eigenvalue weighted by Gasteiger charge is -2.04. The molecule has 4 nitrogen and oxygen atoms in total. The Morgan fingerprint density at radius 2 is 2.00 bits per heavy atom. The first-order chi connectivity index (χ1) is 7.45. The van der Waals surface area contributed by atoms with Crippen LogP contribution in [0.4, 0.5) is 0 Å². The molecule has 0 N–H and O–H groups in total. The number of benzene rings is 1. The smallest absolute Gasteiger partial charge is 0.138 e. The Morgan fingerprint density at radius 3 is 2.87 bits per heavy atom. The number of nitrogens with zero attached hydrogens (tertiary/aromatic N) is 4. The SMILES string of the molecule is c1ccc2c(-n3cncn3)ccnc2c1. The molecule has 1 aromatic carbocycles. The first kappa shape index (κ1) is 8.11. The normalized spacial score (nSPS) is 10.7. The average molecular weight is 196 g/mol. The van der Waals surface area contributed by atoms with Gasteiger partial charge in [-0.15, -0.1) is 0 Å². The minimum absolute atomic E-state index is 0.963. The Hall–Kier alpha value is -2.23. The number of hydrogen-bond acceptors (Lipinski definition) is 3. The van der Waals surface area contributed by atoms with Crippen molar-refractivity contribution in [2.75, 3.05) is 0 Å². The molecule has 3 aromatic rings. The molecule has 0 aliphatic rings. The summed E-state index contributed by atoms with van der Waals surface area (Å²) in [6.07, 6.45) is 4.98. The predicted octanol–water partition coefficient (Wildman–Crippen LogP) is 1.82. The first-order valence-corrected chi connectivity index (χ1v) is 4.64. The van der Waals surface area contributed by atoms with E-state index in [-0.39, 0.29) is 0 Å². The van der Waals surface area contributed by atoms with Crippen molar-refractivity contribution in [2.45, 2.75) is 0 Å². The molecule has 0 atom stereocenters. The highest BCUT2D eigenvalue weighted by Gasteiger charge is 2.02. The van der Waals surface area contributed by atoms with E-state index in [4.69, 9.17) is 0 Å². The van der Waals surface area contributed by atoms with Crippen molar-refractivity contribution in [3.8, 4) is 5.69 Å². The highest BCUT2D eigenvalue weighted by Crippen LogP contribution is 2.18. The Kier molecular flexibility index (Phi) is 1.71. The number of hydrogen-bond donors (Lipinski definition) is 0. The van der Waals surface area contributed by atoms with Gasteiger partial charge in [0.05, 0.1) is 11.2 Å². The second-order valence-electron chi connectivity index (χ2n) is 3.19. The minimum atomic E-state index is 0.963. The molecular weight excluding hydrogens is 188 g/mol. The number of para-hydroxylation sites is 1. The largest absolute Gasteiger partial charge is 0.256 e. The van der Waals surface area contributed by atoms with Crippen LogP contribution in [0.15, 0.2) is 49.2 Å². The van der Waals surface area contributed by atoms with Gasteiger partial charge < -0.3 is 0 Å².